The van der Waals surface area contributed by atoms with Gasteiger partial charge in [-0.3, -0.25) is 0 Å². The van der Waals surface area contributed by atoms with E-state index < -0.39 is 0 Å². The van der Waals surface area contributed by atoms with Crippen LogP contribution in [0.3, 0.4) is 0 Å². The van der Waals surface area contributed by atoms with Crippen molar-refractivity contribution >= 4 is 6.03 Å². The third kappa shape index (κ3) is 1.54. The first-order chi connectivity index (χ1) is 5.70. The maximum Gasteiger partial charge on any atom is 0.320 e. The molecular formula is C9H18N2O. The Hall–Kier alpha value is -0.730. The molecule has 12 heavy (non-hydrogen) atoms. The van der Waals surface area contributed by atoms with Gasteiger partial charge < -0.3 is 9.80 Å². The molecule has 0 radical (unpaired) electrons. The molecule has 0 saturated carbocycles. The molecule has 70 valence electrons. The number of hydrogen-bond acceptors (Lipinski definition) is 1. The lowest BCUT2D eigenvalue weighted by atomic mass is 10.2. The average Bonchev–Trinajstić information content (AvgIpc) is 2.45. The highest BCUT2D eigenvalue weighted by Crippen LogP contribution is 2.13. The third-order valence-corrected chi connectivity index (χ3v) is 2.63. The number of rotatable bonds is 3. The van der Waals surface area contributed by atoms with Crippen molar-refractivity contribution in [1.82, 2.24) is 9.80 Å². The molecule has 1 fully saturated rings. The van der Waals surface area contributed by atoms with Crippen LogP contribution < -0.4 is 0 Å². The third-order valence-electron chi connectivity index (χ3n) is 2.63. The molecule has 0 aromatic heterocycles. The smallest absolute Gasteiger partial charge is 0.320 e. The van der Waals surface area contributed by atoms with Gasteiger partial charge in [0, 0.05) is 25.7 Å². The van der Waals surface area contributed by atoms with Gasteiger partial charge in [0.2, 0.25) is 0 Å². The van der Waals surface area contributed by atoms with E-state index in [0.29, 0.717) is 6.04 Å². The Bertz CT molecular complexity index is 170. The quantitative estimate of drug-likeness (QED) is 0.630. The monoisotopic (exact) mass is 170 g/mol. The summed E-state index contributed by atoms with van der Waals surface area (Å²) < 4.78 is 0. The normalized spacial score (nSPS) is 20.4. The van der Waals surface area contributed by atoms with Crippen LogP contribution in [-0.2, 0) is 0 Å². The van der Waals surface area contributed by atoms with Crippen molar-refractivity contribution in [2.45, 2.75) is 33.2 Å². The number of likely N-dealkylation sites (N-methyl/N-ethyl adjacent to an activating group) is 1. The van der Waals surface area contributed by atoms with Gasteiger partial charge in [-0.2, -0.15) is 0 Å². The summed E-state index contributed by atoms with van der Waals surface area (Å²) in [6.45, 7) is 8.90. The summed E-state index contributed by atoms with van der Waals surface area (Å²) in [5, 5.41) is 0. The molecule has 1 atom stereocenters. The Labute approximate surface area is 74.3 Å². The number of amides is 2. The number of carbonyl (C=O) groups excluding carboxylic acids is 1. The van der Waals surface area contributed by atoms with E-state index in [1.54, 1.807) is 0 Å². The van der Waals surface area contributed by atoms with Gasteiger partial charge in [0.15, 0.2) is 0 Å². The minimum Gasteiger partial charge on any atom is -0.323 e. The van der Waals surface area contributed by atoms with Crippen molar-refractivity contribution in [3.8, 4) is 0 Å². The molecule has 3 heteroatoms. The fourth-order valence-corrected chi connectivity index (χ4v) is 1.52. The van der Waals surface area contributed by atoms with Crippen LogP contribution in [0, 0.1) is 0 Å². The summed E-state index contributed by atoms with van der Waals surface area (Å²) >= 11 is 0. The lowest BCUT2D eigenvalue weighted by molar-refractivity contribution is 0.180. The van der Waals surface area contributed by atoms with Crippen molar-refractivity contribution in [2.24, 2.45) is 0 Å². The summed E-state index contributed by atoms with van der Waals surface area (Å²) in [6, 6.07) is 0.612. The Kier molecular flexibility index (Phi) is 2.95. The first-order valence-corrected chi connectivity index (χ1v) is 4.76. The number of hydrogen-bond donors (Lipinski definition) is 0. The predicted octanol–water partition coefficient (Wildman–Crippen LogP) is 1.54. The van der Waals surface area contributed by atoms with Gasteiger partial charge in [-0.15, -0.1) is 0 Å². The van der Waals surface area contributed by atoms with Crippen LogP contribution in [0.2, 0.25) is 0 Å². The molecule has 1 aliphatic rings. The largest absolute Gasteiger partial charge is 0.323 e. The van der Waals surface area contributed by atoms with E-state index in [1.807, 2.05) is 16.7 Å². The molecule has 0 N–H and O–H groups in total. The van der Waals surface area contributed by atoms with Crippen molar-refractivity contribution in [1.29, 1.82) is 0 Å². The molecule has 0 bridgehead atoms. The van der Waals surface area contributed by atoms with Crippen LogP contribution in [0.4, 0.5) is 4.79 Å². The molecule has 0 aromatic rings. The van der Waals surface area contributed by atoms with Crippen LogP contribution in [-0.4, -0.2) is 41.5 Å². The summed E-state index contributed by atoms with van der Waals surface area (Å²) in [5.74, 6) is 0. The van der Waals surface area contributed by atoms with E-state index in [-0.39, 0.29) is 6.03 Å². The van der Waals surface area contributed by atoms with E-state index in [2.05, 4.69) is 13.8 Å². The Balaban J connectivity index is 2.54. The number of carbonyl (C=O) groups is 1. The van der Waals surface area contributed by atoms with Crippen LogP contribution >= 0.6 is 0 Å². The highest BCUT2D eigenvalue weighted by molar-refractivity contribution is 5.76. The fourth-order valence-electron chi connectivity index (χ4n) is 1.52. The van der Waals surface area contributed by atoms with Crippen molar-refractivity contribution in [3.05, 3.63) is 0 Å². The van der Waals surface area contributed by atoms with Crippen LogP contribution in [0.25, 0.3) is 0 Å². The summed E-state index contributed by atoms with van der Waals surface area (Å²) in [4.78, 5) is 15.4. The molecule has 1 heterocycles. The van der Waals surface area contributed by atoms with Crippen molar-refractivity contribution in [3.63, 3.8) is 0 Å². The summed E-state index contributed by atoms with van der Waals surface area (Å²) in [7, 11) is 0. The minimum atomic E-state index is 0.215. The first kappa shape index (κ1) is 9.36. The lowest BCUT2D eigenvalue weighted by Crippen LogP contribution is -2.37. The molecular weight excluding hydrogens is 152 g/mol. The Morgan fingerprint density at radius 3 is 2.50 bits per heavy atom. The topological polar surface area (TPSA) is 23.6 Å². The maximum absolute atomic E-state index is 11.6. The van der Waals surface area contributed by atoms with E-state index in [9.17, 15) is 4.79 Å². The average molecular weight is 170 g/mol. The second-order valence-corrected chi connectivity index (χ2v) is 3.31. The van der Waals surface area contributed by atoms with Gasteiger partial charge >= 0.3 is 6.03 Å². The number of urea groups is 1. The zero-order valence-corrected chi connectivity index (χ0v) is 8.21. The number of nitrogens with zero attached hydrogens (tertiary/aromatic N) is 2. The summed E-state index contributed by atoms with van der Waals surface area (Å²) in [6.07, 6.45) is 1.04. The van der Waals surface area contributed by atoms with Gasteiger partial charge in [-0.05, 0) is 20.3 Å². The molecule has 1 saturated heterocycles. The SMILES string of the molecule is CCC(C)N1CCN(CC)C1=O. The first-order valence-electron chi connectivity index (χ1n) is 4.76. The van der Waals surface area contributed by atoms with E-state index in [1.165, 1.54) is 0 Å². The second-order valence-electron chi connectivity index (χ2n) is 3.31. The van der Waals surface area contributed by atoms with Gasteiger partial charge in [0.1, 0.15) is 0 Å². The van der Waals surface area contributed by atoms with Crippen LogP contribution in [0.15, 0.2) is 0 Å². The molecule has 3 nitrogen and oxygen atoms in total. The van der Waals surface area contributed by atoms with E-state index >= 15 is 0 Å². The van der Waals surface area contributed by atoms with Crippen molar-refractivity contribution < 1.29 is 4.79 Å². The second kappa shape index (κ2) is 3.78. The lowest BCUT2D eigenvalue weighted by Gasteiger charge is -2.23. The van der Waals surface area contributed by atoms with Gasteiger partial charge in [-0.1, -0.05) is 6.92 Å². The molecule has 0 spiro atoms. The minimum absolute atomic E-state index is 0.215. The molecule has 0 aliphatic carbocycles. The Morgan fingerprint density at radius 2 is 2.08 bits per heavy atom. The Morgan fingerprint density at radius 1 is 1.42 bits per heavy atom. The maximum atomic E-state index is 11.6. The zero-order valence-electron chi connectivity index (χ0n) is 8.21. The van der Waals surface area contributed by atoms with Crippen LogP contribution in [0.5, 0.6) is 0 Å². The highest BCUT2D eigenvalue weighted by Gasteiger charge is 2.29. The van der Waals surface area contributed by atoms with Crippen LogP contribution in [0.1, 0.15) is 27.2 Å². The summed E-state index contributed by atoms with van der Waals surface area (Å²) in [5.41, 5.74) is 0. The van der Waals surface area contributed by atoms with Crippen molar-refractivity contribution in [2.75, 3.05) is 19.6 Å². The fraction of sp³-hybridized carbons (Fsp3) is 0.889. The molecule has 1 rings (SSSR count). The van der Waals surface area contributed by atoms with E-state index in [0.717, 1.165) is 26.1 Å². The zero-order chi connectivity index (χ0) is 9.14. The molecule has 2 amide bonds. The molecule has 1 aliphatic heterocycles. The van der Waals surface area contributed by atoms with E-state index in [4.69, 9.17) is 0 Å². The molecule has 1 unspecified atom stereocenters. The van der Waals surface area contributed by atoms with Gasteiger partial charge in [-0.25, -0.2) is 4.79 Å². The molecule has 0 aromatic carbocycles. The van der Waals surface area contributed by atoms with Gasteiger partial charge in [0.25, 0.3) is 0 Å². The standard InChI is InChI=1S/C9H18N2O/c1-4-8(3)11-7-6-10(5-2)9(11)12/h8H,4-7H2,1-3H3. The highest BCUT2D eigenvalue weighted by atomic mass is 16.2. The predicted molar refractivity (Wildman–Crippen MR) is 49.1 cm³/mol. The van der Waals surface area contributed by atoms with Gasteiger partial charge in [0.05, 0.1) is 0 Å².